The number of hydrogen-bond acceptors (Lipinski definition) is 4. The van der Waals surface area contributed by atoms with E-state index in [0.717, 1.165) is 12.1 Å². The van der Waals surface area contributed by atoms with Crippen LogP contribution in [0.2, 0.25) is 0 Å². The van der Waals surface area contributed by atoms with Crippen molar-refractivity contribution in [1.29, 1.82) is 0 Å². The van der Waals surface area contributed by atoms with Crippen LogP contribution in [0.25, 0.3) is 6.08 Å². The van der Waals surface area contributed by atoms with Gasteiger partial charge >= 0.3 is 6.18 Å². The number of alkyl halides is 3. The van der Waals surface area contributed by atoms with Gasteiger partial charge in [-0.1, -0.05) is 30.0 Å². The summed E-state index contributed by atoms with van der Waals surface area (Å²) in [5.41, 5.74) is 2.27. The molecule has 0 aliphatic carbocycles. The van der Waals surface area contributed by atoms with Crippen LogP contribution >= 0.6 is 11.8 Å². The van der Waals surface area contributed by atoms with Gasteiger partial charge in [0.05, 0.1) is 11.3 Å². The number of nitrogen functional groups attached to an aromatic ring is 1. The number of hydrazine groups is 1. The lowest BCUT2D eigenvalue weighted by Crippen LogP contribution is -2.11. The number of nitrogens with two attached hydrogens (primary N) is 1. The summed E-state index contributed by atoms with van der Waals surface area (Å²) in [6.07, 6.45) is -0.281. The largest absolute Gasteiger partial charge is 0.416 e. The van der Waals surface area contributed by atoms with Crippen LogP contribution in [-0.2, 0) is 11.0 Å². The van der Waals surface area contributed by atoms with E-state index >= 15 is 0 Å². The highest BCUT2D eigenvalue weighted by Crippen LogP contribution is 2.32. The van der Waals surface area contributed by atoms with E-state index in [1.165, 1.54) is 24.8 Å². The number of carbonyl (C=O) groups is 1. The highest BCUT2D eigenvalue weighted by Gasteiger charge is 2.30. The Hall–Kier alpha value is -1.47. The number of anilines is 1. The molecule has 7 heteroatoms. The molecule has 0 amide bonds. The standard InChI is InChI=1S/C13H15F3N2OS/c1-9(19)20-7-3-2-4-10-5-6-11(13(14,15)16)8-12(10)18-17/h2,4-6,8,18H,3,7,17H2,1H3. The first-order valence-electron chi connectivity index (χ1n) is 5.82. The Kier molecular flexibility index (Phi) is 6.09. The van der Waals surface area contributed by atoms with Gasteiger partial charge in [0.2, 0.25) is 0 Å². The van der Waals surface area contributed by atoms with Gasteiger partial charge < -0.3 is 5.43 Å². The zero-order chi connectivity index (χ0) is 15.2. The number of carbonyl (C=O) groups excluding carboxylic acids is 1. The summed E-state index contributed by atoms with van der Waals surface area (Å²) in [7, 11) is 0. The maximum absolute atomic E-state index is 12.5. The second-order valence-electron chi connectivity index (χ2n) is 3.98. The molecule has 110 valence electrons. The summed E-state index contributed by atoms with van der Waals surface area (Å²) < 4.78 is 37.6. The predicted octanol–water partition coefficient (Wildman–Crippen LogP) is 3.67. The van der Waals surface area contributed by atoms with E-state index in [2.05, 4.69) is 5.43 Å². The summed E-state index contributed by atoms with van der Waals surface area (Å²) in [5.74, 6) is 5.87. The van der Waals surface area contributed by atoms with Gasteiger partial charge in [0.25, 0.3) is 0 Å². The van der Waals surface area contributed by atoms with E-state index in [1.54, 1.807) is 12.2 Å². The van der Waals surface area contributed by atoms with Crippen molar-refractivity contribution in [2.45, 2.75) is 19.5 Å². The molecular weight excluding hydrogens is 289 g/mol. The summed E-state index contributed by atoms with van der Waals surface area (Å²) in [6, 6.07) is 3.32. The number of hydrogen-bond donors (Lipinski definition) is 2. The zero-order valence-corrected chi connectivity index (χ0v) is 11.6. The summed E-state index contributed by atoms with van der Waals surface area (Å²) in [6.45, 7) is 1.49. The van der Waals surface area contributed by atoms with Gasteiger partial charge in [-0.3, -0.25) is 10.6 Å². The van der Waals surface area contributed by atoms with Crippen molar-refractivity contribution >= 4 is 28.6 Å². The van der Waals surface area contributed by atoms with Gasteiger partial charge in [0.15, 0.2) is 5.12 Å². The van der Waals surface area contributed by atoms with Crippen molar-refractivity contribution < 1.29 is 18.0 Å². The van der Waals surface area contributed by atoms with Crippen LogP contribution in [0.3, 0.4) is 0 Å². The first-order valence-corrected chi connectivity index (χ1v) is 6.81. The third kappa shape index (κ3) is 5.26. The predicted molar refractivity (Wildman–Crippen MR) is 76.0 cm³/mol. The lowest BCUT2D eigenvalue weighted by atomic mass is 10.1. The smallest absolute Gasteiger partial charge is 0.324 e. The molecule has 1 aromatic rings. The van der Waals surface area contributed by atoms with Gasteiger partial charge in [-0.05, 0) is 24.1 Å². The van der Waals surface area contributed by atoms with Crippen molar-refractivity contribution in [2.24, 2.45) is 5.84 Å². The lowest BCUT2D eigenvalue weighted by molar-refractivity contribution is -0.137. The fourth-order valence-corrected chi connectivity index (χ4v) is 2.03. The molecule has 0 saturated carbocycles. The van der Waals surface area contributed by atoms with Crippen LogP contribution in [0, 0.1) is 0 Å². The van der Waals surface area contributed by atoms with E-state index in [-0.39, 0.29) is 10.8 Å². The quantitative estimate of drug-likeness (QED) is 0.495. The Morgan fingerprint density at radius 2 is 2.15 bits per heavy atom. The average Bonchev–Trinajstić information content (AvgIpc) is 2.36. The minimum atomic E-state index is -4.40. The molecule has 1 rings (SSSR count). The van der Waals surface area contributed by atoms with Gasteiger partial charge in [-0.2, -0.15) is 13.2 Å². The topological polar surface area (TPSA) is 55.1 Å². The zero-order valence-electron chi connectivity index (χ0n) is 10.8. The number of nitrogens with one attached hydrogen (secondary N) is 1. The van der Waals surface area contributed by atoms with Crippen molar-refractivity contribution in [2.75, 3.05) is 11.2 Å². The molecule has 0 aromatic heterocycles. The van der Waals surface area contributed by atoms with Gasteiger partial charge in [0, 0.05) is 12.7 Å². The molecule has 0 aliphatic rings. The molecule has 3 nitrogen and oxygen atoms in total. The Morgan fingerprint density at radius 3 is 2.70 bits per heavy atom. The number of benzene rings is 1. The second-order valence-corrected chi connectivity index (χ2v) is 5.25. The first-order chi connectivity index (χ1) is 9.34. The fourth-order valence-electron chi connectivity index (χ4n) is 1.48. The van der Waals surface area contributed by atoms with Crippen molar-refractivity contribution in [3.8, 4) is 0 Å². The molecule has 0 fully saturated rings. The molecule has 0 atom stereocenters. The van der Waals surface area contributed by atoms with Gasteiger partial charge in [-0.25, -0.2) is 0 Å². The Labute approximate surface area is 119 Å². The maximum Gasteiger partial charge on any atom is 0.416 e. The summed E-state index contributed by atoms with van der Waals surface area (Å²) >= 11 is 1.20. The monoisotopic (exact) mass is 304 g/mol. The van der Waals surface area contributed by atoms with Crippen LogP contribution in [-0.4, -0.2) is 10.9 Å². The van der Waals surface area contributed by atoms with E-state index < -0.39 is 11.7 Å². The van der Waals surface area contributed by atoms with Gasteiger partial charge in [0.1, 0.15) is 0 Å². The highest BCUT2D eigenvalue weighted by molar-refractivity contribution is 8.13. The van der Waals surface area contributed by atoms with E-state index in [1.807, 2.05) is 0 Å². The first kappa shape index (κ1) is 16.6. The van der Waals surface area contributed by atoms with Gasteiger partial charge in [-0.15, -0.1) is 0 Å². The minimum Gasteiger partial charge on any atom is -0.324 e. The lowest BCUT2D eigenvalue weighted by Gasteiger charge is -2.11. The minimum absolute atomic E-state index is 0.0391. The van der Waals surface area contributed by atoms with Crippen molar-refractivity contribution in [1.82, 2.24) is 0 Å². The molecule has 0 aliphatic heterocycles. The second kappa shape index (κ2) is 7.35. The molecule has 20 heavy (non-hydrogen) atoms. The molecule has 3 N–H and O–H groups in total. The SMILES string of the molecule is CC(=O)SCCC=Cc1ccc(C(F)(F)F)cc1NN. The molecule has 0 saturated heterocycles. The Bertz CT molecular complexity index is 501. The van der Waals surface area contributed by atoms with E-state index in [4.69, 9.17) is 5.84 Å². The third-order valence-corrected chi connectivity index (χ3v) is 3.27. The van der Waals surface area contributed by atoms with Crippen molar-refractivity contribution in [3.63, 3.8) is 0 Å². The van der Waals surface area contributed by atoms with Crippen LogP contribution in [0.5, 0.6) is 0 Å². The van der Waals surface area contributed by atoms with Crippen LogP contribution in [0.15, 0.2) is 24.3 Å². The summed E-state index contributed by atoms with van der Waals surface area (Å²) in [5, 5.41) is 0.0391. The average molecular weight is 304 g/mol. The number of thioether (sulfide) groups is 1. The Morgan fingerprint density at radius 1 is 1.45 bits per heavy atom. The van der Waals surface area contributed by atoms with Crippen molar-refractivity contribution in [3.05, 3.63) is 35.4 Å². The normalized spacial score (nSPS) is 11.8. The fraction of sp³-hybridized carbons (Fsp3) is 0.308. The molecule has 0 unspecified atom stereocenters. The molecule has 1 aromatic carbocycles. The Balaban J connectivity index is 2.75. The van der Waals surface area contributed by atoms with E-state index in [0.29, 0.717) is 17.7 Å². The number of halogens is 3. The summed E-state index contributed by atoms with van der Waals surface area (Å²) in [4.78, 5) is 10.7. The molecular formula is C13H15F3N2OS. The molecule has 0 heterocycles. The number of rotatable bonds is 5. The highest BCUT2D eigenvalue weighted by atomic mass is 32.2. The number of allylic oxidation sites excluding steroid dienone is 1. The maximum atomic E-state index is 12.5. The van der Waals surface area contributed by atoms with Crippen LogP contribution < -0.4 is 11.3 Å². The molecule has 0 spiro atoms. The van der Waals surface area contributed by atoms with Crippen LogP contribution in [0.1, 0.15) is 24.5 Å². The van der Waals surface area contributed by atoms with Crippen LogP contribution in [0.4, 0.5) is 18.9 Å². The molecule has 0 radical (unpaired) electrons. The third-order valence-electron chi connectivity index (χ3n) is 2.42. The molecule has 0 bridgehead atoms. The van der Waals surface area contributed by atoms with E-state index in [9.17, 15) is 18.0 Å².